The van der Waals surface area contributed by atoms with E-state index in [-0.39, 0.29) is 24.5 Å². The third-order valence-corrected chi connectivity index (χ3v) is 6.60. The topological polar surface area (TPSA) is 58.6 Å². The molecule has 0 bridgehead atoms. The fraction of sp³-hybridized carbons (Fsp3) is 0.500. The highest BCUT2D eigenvalue weighted by Crippen LogP contribution is 2.21. The average molecular weight is 451 g/mol. The van der Waals surface area contributed by atoms with Gasteiger partial charge in [0.25, 0.3) is 5.91 Å². The molecule has 0 aliphatic heterocycles. The Balaban J connectivity index is 1.74. The van der Waals surface area contributed by atoms with Crippen LogP contribution in [-0.2, 0) is 16.1 Å². The number of ether oxygens (including phenoxy) is 1. The summed E-state index contributed by atoms with van der Waals surface area (Å²) in [6.07, 6.45) is 4.89. The molecule has 1 aliphatic carbocycles. The van der Waals surface area contributed by atoms with Gasteiger partial charge in [0.15, 0.2) is 6.61 Å². The van der Waals surface area contributed by atoms with Crippen molar-refractivity contribution in [3.05, 3.63) is 65.2 Å². The van der Waals surface area contributed by atoms with Crippen LogP contribution in [0.3, 0.4) is 0 Å². The van der Waals surface area contributed by atoms with Gasteiger partial charge in [0, 0.05) is 12.6 Å². The van der Waals surface area contributed by atoms with Gasteiger partial charge in [-0.3, -0.25) is 9.59 Å². The van der Waals surface area contributed by atoms with E-state index >= 15 is 0 Å². The maximum absolute atomic E-state index is 13.4. The number of aryl methyl sites for hydroxylation is 1. The van der Waals surface area contributed by atoms with Crippen molar-refractivity contribution in [2.75, 3.05) is 6.61 Å². The van der Waals surface area contributed by atoms with Crippen LogP contribution >= 0.6 is 0 Å². The van der Waals surface area contributed by atoms with Crippen LogP contribution in [0.4, 0.5) is 0 Å². The highest BCUT2D eigenvalue weighted by molar-refractivity contribution is 5.88. The molecule has 2 aromatic carbocycles. The zero-order chi connectivity index (χ0) is 23.8. The van der Waals surface area contributed by atoms with E-state index in [1.54, 1.807) is 4.90 Å². The van der Waals surface area contributed by atoms with E-state index in [1.165, 1.54) is 5.56 Å². The second-order valence-electron chi connectivity index (χ2n) is 9.37. The number of hydrogen-bond donors (Lipinski definition) is 1. The predicted octanol–water partition coefficient (Wildman–Crippen LogP) is 5.36. The molecule has 2 amide bonds. The maximum Gasteiger partial charge on any atom is 0.261 e. The summed E-state index contributed by atoms with van der Waals surface area (Å²) in [5, 5.41) is 3.18. The Morgan fingerprint density at radius 1 is 1.06 bits per heavy atom. The predicted molar refractivity (Wildman–Crippen MR) is 132 cm³/mol. The molecule has 1 fully saturated rings. The molecule has 0 heterocycles. The van der Waals surface area contributed by atoms with Gasteiger partial charge in [0.2, 0.25) is 5.91 Å². The number of rotatable bonds is 10. The average Bonchev–Trinajstić information content (AvgIpc) is 3.31. The largest absolute Gasteiger partial charge is 0.484 e. The van der Waals surface area contributed by atoms with Crippen LogP contribution in [0.5, 0.6) is 5.75 Å². The standard InChI is InChI=1S/C28H38N2O3/c1-5-26(28(32)29-24-12-8-9-13-24)30(18-23-11-7-6-10-21(23)4)27(31)19-33-25-16-14-22(15-17-25)20(2)3/h6-7,10-11,14-17,20,24,26H,5,8-9,12-13,18-19H2,1-4H3,(H,29,32)/t26-/m1/s1. The quantitative estimate of drug-likeness (QED) is 0.530. The van der Waals surface area contributed by atoms with E-state index < -0.39 is 6.04 Å². The van der Waals surface area contributed by atoms with Gasteiger partial charge in [0.1, 0.15) is 11.8 Å². The van der Waals surface area contributed by atoms with Gasteiger partial charge in [-0.15, -0.1) is 0 Å². The first-order chi connectivity index (χ1) is 15.9. The zero-order valence-corrected chi connectivity index (χ0v) is 20.5. The molecule has 1 saturated carbocycles. The molecule has 178 valence electrons. The molecular formula is C28H38N2O3. The molecule has 0 aromatic heterocycles. The van der Waals surface area contributed by atoms with Crippen molar-refractivity contribution in [2.24, 2.45) is 0 Å². The first-order valence-corrected chi connectivity index (χ1v) is 12.3. The fourth-order valence-corrected chi connectivity index (χ4v) is 4.43. The van der Waals surface area contributed by atoms with Crippen molar-refractivity contribution in [3.63, 3.8) is 0 Å². The van der Waals surface area contributed by atoms with Crippen molar-refractivity contribution in [3.8, 4) is 5.75 Å². The lowest BCUT2D eigenvalue weighted by Gasteiger charge is -2.32. The van der Waals surface area contributed by atoms with Crippen molar-refractivity contribution >= 4 is 11.8 Å². The van der Waals surface area contributed by atoms with Crippen LogP contribution in [0.25, 0.3) is 0 Å². The number of benzene rings is 2. The van der Waals surface area contributed by atoms with Crippen molar-refractivity contribution in [2.45, 2.75) is 84.3 Å². The van der Waals surface area contributed by atoms with Gasteiger partial charge in [0.05, 0.1) is 0 Å². The lowest BCUT2D eigenvalue weighted by molar-refractivity contribution is -0.143. The Bertz CT molecular complexity index is 917. The molecule has 3 rings (SSSR count). The number of hydrogen-bond acceptors (Lipinski definition) is 3. The Hall–Kier alpha value is -2.82. The molecule has 0 spiro atoms. The molecule has 0 radical (unpaired) electrons. The number of carbonyl (C=O) groups excluding carboxylic acids is 2. The minimum Gasteiger partial charge on any atom is -0.484 e. The minimum absolute atomic E-state index is 0.0624. The van der Waals surface area contributed by atoms with Crippen LogP contribution in [-0.4, -0.2) is 35.4 Å². The molecular weight excluding hydrogens is 412 g/mol. The minimum atomic E-state index is -0.523. The molecule has 1 atom stereocenters. The second-order valence-corrected chi connectivity index (χ2v) is 9.37. The summed E-state index contributed by atoms with van der Waals surface area (Å²) >= 11 is 0. The Kier molecular flexibility index (Phi) is 8.93. The molecule has 0 unspecified atom stereocenters. The maximum atomic E-state index is 13.4. The lowest BCUT2D eigenvalue weighted by atomic mass is 10.0. The summed E-state index contributed by atoms with van der Waals surface area (Å²) in [5.74, 6) is 0.855. The monoisotopic (exact) mass is 450 g/mol. The van der Waals surface area contributed by atoms with Gasteiger partial charge in [-0.25, -0.2) is 0 Å². The first kappa shape index (κ1) is 24.8. The summed E-state index contributed by atoms with van der Waals surface area (Å²) in [6, 6.07) is 15.6. The van der Waals surface area contributed by atoms with Gasteiger partial charge < -0.3 is 15.0 Å². The van der Waals surface area contributed by atoms with E-state index in [4.69, 9.17) is 4.74 Å². The smallest absolute Gasteiger partial charge is 0.261 e. The van der Waals surface area contributed by atoms with E-state index in [9.17, 15) is 9.59 Å². The van der Waals surface area contributed by atoms with Crippen LogP contribution in [0.2, 0.25) is 0 Å². The summed E-state index contributed by atoms with van der Waals surface area (Å²) < 4.78 is 5.84. The van der Waals surface area contributed by atoms with Crippen LogP contribution in [0.15, 0.2) is 48.5 Å². The van der Waals surface area contributed by atoms with Crippen LogP contribution in [0, 0.1) is 6.92 Å². The molecule has 2 aromatic rings. The van der Waals surface area contributed by atoms with Crippen LogP contribution in [0.1, 0.15) is 75.5 Å². The summed E-state index contributed by atoms with van der Waals surface area (Å²) in [4.78, 5) is 28.2. The first-order valence-electron chi connectivity index (χ1n) is 12.3. The number of nitrogens with one attached hydrogen (secondary N) is 1. The third kappa shape index (κ3) is 6.83. The van der Waals surface area contributed by atoms with Crippen LogP contribution < -0.4 is 10.1 Å². The highest BCUT2D eigenvalue weighted by atomic mass is 16.5. The van der Waals surface area contributed by atoms with Crippen molar-refractivity contribution in [1.29, 1.82) is 0 Å². The lowest BCUT2D eigenvalue weighted by Crippen LogP contribution is -2.52. The Labute approximate surface area is 198 Å². The molecule has 1 N–H and O–H groups in total. The van der Waals surface area contributed by atoms with Gasteiger partial charge in [-0.1, -0.05) is 70.0 Å². The SMILES string of the molecule is CC[C@H](C(=O)NC1CCCC1)N(Cc1ccccc1C)C(=O)COc1ccc(C(C)C)cc1. The summed E-state index contributed by atoms with van der Waals surface area (Å²) in [5.41, 5.74) is 3.37. The molecule has 0 saturated heterocycles. The summed E-state index contributed by atoms with van der Waals surface area (Å²) in [7, 11) is 0. The highest BCUT2D eigenvalue weighted by Gasteiger charge is 2.31. The Morgan fingerprint density at radius 3 is 2.33 bits per heavy atom. The molecule has 5 heteroatoms. The third-order valence-electron chi connectivity index (χ3n) is 6.60. The molecule has 5 nitrogen and oxygen atoms in total. The number of carbonyl (C=O) groups is 2. The van der Waals surface area contributed by atoms with E-state index in [1.807, 2.05) is 62.4 Å². The number of nitrogens with zero attached hydrogens (tertiary/aromatic N) is 1. The molecule has 33 heavy (non-hydrogen) atoms. The molecule has 1 aliphatic rings. The van der Waals surface area contributed by atoms with Gasteiger partial charge in [-0.2, -0.15) is 0 Å². The van der Waals surface area contributed by atoms with Crippen molar-refractivity contribution in [1.82, 2.24) is 10.2 Å². The Morgan fingerprint density at radius 2 is 1.73 bits per heavy atom. The normalized spacial score (nSPS) is 14.8. The summed E-state index contributed by atoms with van der Waals surface area (Å²) in [6.45, 7) is 8.57. The van der Waals surface area contributed by atoms with E-state index in [2.05, 4.69) is 19.2 Å². The fourth-order valence-electron chi connectivity index (χ4n) is 4.43. The second kappa shape index (κ2) is 11.9. The van der Waals surface area contributed by atoms with E-state index in [0.29, 0.717) is 24.6 Å². The van der Waals surface area contributed by atoms with Gasteiger partial charge >= 0.3 is 0 Å². The van der Waals surface area contributed by atoms with E-state index in [0.717, 1.165) is 36.8 Å². The zero-order valence-electron chi connectivity index (χ0n) is 20.5. The van der Waals surface area contributed by atoms with Crippen molar-refractivity contribution < 1.29 is 14.3 Å². The van der Waals surface area contributed by atoms with Gasteiger partial charge in [-0.05, 0) is 60.9 Å². The number of amides is 2.